The van der Waals surface area contributed by atoms with Gasteiger partial charge >= 0.3 is 0 Å². The maximum Gasteiger partial charge on any atom is 0.266 e. The fourth-order valence-corrected chi connectivity index (χ4v) is 4.22. The van der Waals surface area contributed by atoms with Crippen LogP contribution in [-0.2, 0) is 21.4 Å². The molecule has 0 saturated heterocycles. The summed E-state index contributed by atoms with van der Waals surface area (Å²) in [6, 6.07) is 26.4. The topological polar surface area (TPSA) is 132 Å². The first-order valence-electron chi connectivity index (χ1n) is 11.1. The number of benzene rings is 4. The van der Waals surface area contributed by atoms with Crippen molar-refractivity contribution in [3.8, 4) is 17.6 Å². The van der Waals surface area contributed by atoms with Gasteiger partial charge in [0.15, 0.2) is 11.5 Å². The van der Waals surface area contributed by atoms with Crippen LogP contribution in [0.2, 0.25) is 0 Å². The molecule has 0 saturated carbocycles. The van der Waals surface area contributed by atoms with E-state index in [2.05, 4.69) is 5.32 Å². The number of carbonyl (C=O) groups excluding carboxylic acids is 1. The fourth-order valence-electron chi connectivity index (χ4n) is 3.71. The van der Waals surface area contributed by atoms with E-state index in [1.165, 1.54) is 37.5 Å². The third-order valence-electron chi connectivity index (χ3n) is 5.57. The van der Waals surface area contributed by atoms with Gasteiger partial charge in [0.1, 0.15) is 18.2 Å². The lowest BCUT2D eigenvalue weighted by molar-refractivity contribution is -0.112. The number of anilines is 1. The molecule has 0 atom stereocenters. The summed E-state index contributed by atoms with van der Waals surface area (Å²) in [6.07, 6.45) is 1.42. The Morgan fingerprint density at radius 3 is 2.43 bits per heavy atom. The minimum atomic E-state index is -3.85. The van der Waals surface area contributed by atoms with Crippen LogP contribution in [0.3, 0.4) is 0 Å². The predicted octanol–water partition coefficient (Wildman–Crippen LogP) is 4.62. The van der Waals surface area contributed by atoms with Crippen LogP contribution >= 0.6 is 0 Å². The second-order valence-corrected chi connectivity index (χ2v) is 9.59. The van der Waals surface area contributed by atoms with Gasteiger partial charge in [-0.25, -0.2) is 13.6 Å². The monoisotopic (exact) mass is 513 g/mol. The third kappa shape index (κ3) is 6.13. The minimum Gasteiger partial charge on any atom is -0.493 e. The smallest absolute Gasteiger partial charge is 0.266 e. The second kappa shape index (κ2) is 11.0. The van der Waals surface area contributed by atoms with Crippen molar-refractivity contribution in [2.75, 3.05) is 12.4 Å². The van der Waals surface area contributed by atoms with Crippen LogP contribution < -0.4 is 19.9 Å². The van der Waals surface area contributed by atoms with E-state index in [9.17, 15) is 18.5 Å². The number of primary sulfonamides is 1. The molecule has 37 heavy (non-hydrogen) atoms. The molecule has 4 aromatic carbocycles. The zero-order valence-electron chi connectivity index (χ0n) is 19.8. The molecule has 0 fully saturated rings. The Balaban J connectivity index is 1.50. The van der Waals surface area contributed by atoms with Gasteiger partial charge in [-0.15, -0.1) is 0 Å². The quantitative estimate of drug-likeness (QED) is 0.261. The van der Waals surface area contributed by atoms with Crippen LogP contribution in [0.25, 0.3) is 16.8 Å². The normalized spacial score (nSPS) is 11.5. The Labute approximate surface area is 214 Å². The molecule has 0 unspecified atom stereocenters. The molecule has 0 aromatic heterocycles. The van der Waals surface area contributed by atoms with Gasteiger partial charge in [0.05, 0.1) is 12.0 Å². The number of amides is 1. The van der Waals surface area contributed by atoms with Crippen LogP contribution in [0.1, 0.15) is 11.1 Å². The van der Waals surface area contributed by atoms with E-state index in [1.807, 2.05) is 48.5 Å². The molecule has 8 nitrogen and oxygen atoms in total. The zero-order chi connectivity index (χ0) is 26.4. The van der Waals surface area contributed by atoms with Crippen LogP contribution in [0.15, 0.2) is 95.4 Å². The van der Waals surface area contributed by atoms with E-state index in [4.69, 9.17) is 14.6 Å². The number of hydrogen-bond acceptors (Lipinski definition) is 6. The van der Waals surface area contributed by atoms with Crippen LogP contribution in [-0.4, -0.2) is 21.4 Å². The number of rotatable bonds is 8. The Kier molecular flexibility index (Phi) is 7.53. The molecule has 3 N–H and O–H groups in total. The van der Waals surface area contributed by atoms with E-state index in [0.717, 1.165) is 16.3 Å². The number of methoxy groups -OCH3 is 1. The lowest BCUT2D eigenvalue weighted by Gasteiger charge is -2.13. The SMILES string of the molecule is COc1cc(/C=C(\C#N)C(=O)Nc2ccc(S(N)(=O)=O)cc2)ccc1OCc1cccc2ccccc12. The first-order valence-corrected chi connectivity index (χ1v) is 12.7. The van der Waals surface area contributed by atoms with E-state index in [-0.39, 0.29) is 10.5 Å². The van der Waals surface area contributed by atoms with E-state index < -0.39 is 15.9 Å². The molecule has 4 rings (SSSR count). The number of nitrogens with two attached hydrogens (primary N) is 1. The van der Waals surface area contributed by atoms with Gasteiger partial charge in [0.2, 0.25) is 10.0 Å². The Hall–Kier alpha value is -4.65. The van der Waals surface area contributed by atoms with Crippen LogP contribution in [0, 0.1) is 11.3 Å². The van der Waals surface area contributed by atoms with Gasteiger partial charge in [-0.3, -0.25) is 4.79 Å². The number of nitrogens with one attached hydrogen (secondary N) is 1. The molecule has 0 aliphatic carbocycles. The summed E-state index contributed by atoms with van der Waals surface area (Å²) in [4.78, 5) is 12.5. The summed E-state index contributed by atoms with van der Waals surface area (Å²) in [5, 5.41) is 19.4. The first-order chi connectivity index (χ1) is 17.8. The van der Waals surface area contributed by atoms with E-state index in [1.54, 1.807) is 18.2 Å². The van der Waals surface area contributed by atoms with Crippen molar-refractivity contribution >= 4 is 38.5 Å². The molecule has 0 aliphatic rings. The standard InChI is InChI=1S/C28H23N3O5S/c1-35-27-16-19(9-14-26(27)36-18-21-7-4-6-20-5-2-3-8-25(20)21)15-22(17-29)28(32)31-23-10-12-24(13-11-23)37(30,33)34/h2-16H,18H2,1H3,(H,31,32)(H2,30,33,34)/b22-15+. The molecule has 0 aliphatic heterocycles. The van der Waals surface area contributed by atoms with Crippen molar-refractivity contribution < 1.29 is 22.7 Å². The lowest BCUT2D eigenvalue weighted by atomic mass is 10.1. The lowest BCUT2D eigenvalue weighted by Crippen LogP contribution is -2.14. The largest absolute Gasteiger partial charge is 0.493 e. The maximum atomic E-state index is 12.6. The maximum absolute atomic E-state index is 12.6. The van der Waals surface area contributed by atoms with Crippen LogP contribution in [0.4, 0.5) is 5.69 Å². The molecule has 0 spiro atoms. The van der Waals surface area contributed by atoms with E-state index >= 15 is 0 Å². The zero-order valence-corrected chi connectivity index (χ0v) is 20.7. The number of ether oxygens (including phenoxy) is 2. The summed E-state index contributed by atoms with van der Waals surface area (Å²) < 4.78 is 34.3. The van der Waals surface area contributed by atoms with Gasteiger partial charge < -0.3 is 14.8 Å². The number of carbonyl (C=O) groups is 1. The molecule has 9 heteroatoms. The number of hydrogen-bond donors (Lipinski definition) is 2. The van der Waals surface area contributed by atoms with Gasteiger partial charge in [-0.05, 0) is 64.4 Å². The van der Waals surface area contributed by atoms with Crippen molar-refractivity contribution in [2.45, 2.75) is 11.5 Å². The van der Waals surface area contributed by atoms with Crippen LogP contribution in [0.5, 0.6) is 11.5 Å². The van der Waals surface area contributed by atoms with Gasteiger partial charge in [0, 0.05) is 5.69 Å². The number of sulfonamides is 1. The van der Waals surface area contributed by atoms with Crippen molar-refractivity contribution in [3.05, 3.63) is 102 Å². The highest BCUT2D eigenvalue weighted by Crippen LogP contribution is 2.30. The number of fused-ring (bicyclic) bond motifs is 1. The summed E-state index contributed by atoms with van der Waals surface area (Å²) in [5.74, 6) is 0.317. The average molecular weight is 514 g/mol. The molecule has 1 amide bonds. The highest BCUT2D eigenvalue weighted by molar-refractivity contribution is 7.89. The highest BCUT2D eigenvalue weighted by Gasteiger charge is 2.13. The first kappa shape index (κ1) is 25.4. The van der Waals surface area contributed by atoms with Gasteiger partial charge in [0.25, 0.3) is 5.91 Å². The molecule has 0 heterocycles. The van der Waals surface area contributed by atoms with Gasteiger partial charge in [-0.1, -0.05) is 48.5 Å². The van der Waals surface area contributed by atoms with E-state index in [0.29, 0.717) is 29.4 Å². The molecular formula is C28H23N3O5S. The second-order valence-electron chi connectivity index (χ2n) is 8.03. The Bertz CT molecular complexity index is 1630. The molecular weight excluding hydrogens is 490 g/mol. The Morgan fingerprint density at radius 2 is 1.73 bits per heavy atom. The average Bonchev–Trinajstić information content (AvgIpc) is 2.90. The summed E-state index contributed by atoms with van der Waals surface area (Å²) in [6.45, 7) is 0.336. The summed E-state index contributed by atoms with van der Waals surface area (Å²) in [7, 11) is -2.34. The highest BCUT2D eigenvalue weighted by atomic mass is 32.2. The minimum absolute atomic E-state index is 0.0867. The molecule has 4 aromatic rings. The summed E-state index contributed by atoms with van der Waals surface area (Å²) in [5.41, 5.74) is 1.76. The number of nitrogens with zero attached hydrogens (tertiary/aromatic N) is 1. The molecule has 0 radical (unpaired) electrons. The predicted molar refractivity (Wildman–Crippen MR) is 141 cm³/mol. The van der Waals surface area contributed by atoms with Crippen molar-refractivity contribution in [1.82, 2.24) is 0 Å². The molecule has 186 valence electrons. The van der Waals surface area contributed by atoms with Crippen molar-refractivity contribution in [2.24, 2.45) is 5.14 Å². The van der Waals surface area contributed by atoms with Crippen molar-refractivity contribution in [1.29, 1.82) is 5.26 Å². The summed E-state index contributed by atoms with van der Waals surface area (Å²) >= 11 is 0. The fraction of sp³-hybridized carbons (Fsp3) is 0.0714. The Morgan fingerprint density at radius 1 is 1.00 bits per heavy atom. The molecule has 0 bridgehead atoms. The van der Waals surface area contributed by atoms with Crippen molar-refractivity contribution in [3.63, 3.8) is 0 Å². The third-order valence-corrected chi connectivity index (χ3v) is 6.50. The number of nitriles is 1. The van der Waals surface area contributed by atoms with Gasteiger partial charge in [-0.2, -0.15) is 5.26 Å².